The maximum atomic E-state index is 3.62. The Morgan fingerprint density at radius 1 is 1.22 bits per heavy atom. The molecular formula is C9H16. The molecule has 0 heteroatoms. The summed E-state index contributed by atoms with van der Waals surface area (Å²) in [5.41, 5.74) is 0. The number of unbranched alkanes of at least 4 members (excludes halogenated alkanes) is 5. The van der Waals surface area contributed by atoms with Crippen LogP contribution < -0.4 is 0 Å². The molecule has 0 fully saturated rings. The van der Waals surface area contributed by atoms with E-state index in [1.165, 1.54) is 25.7 Å². The van der Waals surface area contributed by atoms with Gasteiger partial charge in [0.05, 0.1) is 0 Å². The van der Waals surface area contributed by atoms with E-state index in [-0.39, 0.29) is 0 Å². The second-order valence-corrected chi connectivity index (χ2v) is 2.16. The van der Waals surface area contributed by atoms with Crippen LogP contribution in [0.4, 0.5) is 0 Å². The lowest BCUT2D eigenvalue weighted by Crippen LogP contribution is -1.75. The van der Waals surface area contributed by atoms with Crippen LogP contribution >= 0.6 is 0 Å². The van der Waals surface area contributed by atoms with Gasteiger partial charge in [0.1, 0.15) is 0 Å². The van der Waals surface area contributed by atoms with Crippen LogP contribution in [0.5, 0.6) is 0 Å². The summed E-state index contributed by atoms with van der Waals surface area (Å²) in [4.78, 5) is 0. The van der Waals surface area contributed by atoms with Gasteiger partial charge in [-0.15, -0.1) is 6.58 Å². The summed E-state index contributed by atoms with van der Waals surface area (Å²) in [5, 5.41) is 0. The molecular weight excluding hydrogens is 108 g/mol. The average Bonchev–Trinajstić information content (AvgIpc) is 1.89. The van der Waals surface area contributed by atoms with Gasteiger partial charge in [0.15, 0.2) is 0 Å². The monoisotopic (exact) mass is 124 g/mol. The summed E-state index contributed by atoms with van der Waals surface area (Å²) in [6.07, 6.45) is 11.3. The van der Waals surface area contributed by atoms with Gasteiger partial charge in [-0.05, 0) is 19.3 Å². The van der Waals surface area contributed by atoms with Crippen molar-refractivity contribution in [1.82, 2.24) is 0 Å². The van der Waals surface area contributed by atoms with E-state index in [0.717, 1.165) is 0 Å². The second-order valence-electron chi connectivity index (χ2n) is 2.16. The van der Waals surface area contributed by atoms with Gasteiger partial charge < -0.3 is 0 Å². The molecule has 2 radical (unpaired) electrons. The number of hydrogen-bond donors (Lipinski definition) is 0. The Labute approximate surface area is 59.0 Å². The first-order chi connectivity index (χ1) is 4.41. The molecule has 0 heterocycles. The summed E-state index contributed by atoms with van der Waals surface area (Å²) in [6, 6.07) is 0. The minimum Gasteiger partial charge on any atom is -0.103 e. The fraction of sp³-hybridized carbons (Fsp3) is 0.556. The summed E-state index contributed by atoms with van der Waals surface area (Å²) in [5.74, 6) is 0. The molecule has 0 N–H and O–H groups in total. The third-order valence-electron chi connectivity index (χ3n) is 1.28. The highest BCUT2D eigenvalue weighted by atomic mass is 13.9. The first-order valence-electron chi connectivity index (χ1n) is 3.64. The molecule has 0 aliphatic carbocycles. The van der Waals surface area contributed by atoms with E-state index in [1.807, 2.05) is 6.08 Å². The summed E-state index contributed by atoms with van der Waals surface area (Å²) in [6.45, 7) is 5.72. The molecule has 0 unspecified atom stereocenters. The zero-order valence-electron chi connectivity index (χ0n) is 6.27. The molecule has 0 aromatic carbocycles. The number of allylic oxidation sites excluding steroid dienone is 1. The van der Waals surface area contributed by atoms with E-state index in [4.69, 9.17) is 0 Å². The molecule has 0 aromatic rings. The summed E-state index contributed by atoms with van der Waals surface area (Å²) >= 11 is 0. The fourth-order valence-electron chi connectivity index (χ4n) is 0.729. The third kappa shape index (κ3) is 7.74. The lowest BCUT2D eigenvalue weighted by atomic mass is 10.1. The lowest BCUT2D eigenvalue weighted by Gasteiger charge is -1.94. The molecule has 0 aliphatic rings. The van der Waals surface area contributed by atoms with E-state index >= 15 is 0 Å². The predicted octanol–water partition coefficient (Wildman–Crippen LogP) is 3.16. The molecule has 0 atom stereocenters. The van der Waals surface area contributed by atoms with E-state index in [9.17, 15) is 0 Å². The molecule has 0 amide bonds. The van der Waals surface area contributed by atoms with Crippen molar-refractivity contribution < 1.29 is 0 Å². The fourth-order valence-corrected chi connectivity index (χ4v) is 0.729. The minimum absolute atomic E-state index is 1.19. The smallest absolute Gasteiger partial charge is 0.0173 e. The van der Waals surface area contributed by atoms with Crippen molar-refractivity contribution in [2.75, 3.05) is 0 Å². The Kier molecular flexibility index (Phi) is 7.52. The highest BCUT2D eigenvalue weighted by Gasteiger charge is 1.84. The maximum absolute atomic E-state index is 3.62. The highest BCUT2D eigenvalue weighted by molar-refractivity contribution is 4.85. The van der Waals surface area contributed by atoms with Crippen LogP contribution in [0.2, 0.25) is 0 Å². The molecule has 0 bridgehead atoms. The number of rotatable bonds is 6. The van der Waals surface area contributed by atoms with Crippen LogP contribution in [-0.4, -0.2) is 0 Å². The van der Waals surface area contributed by atoms with E-state index < -0.39 is 0 Å². The van der Waals surface area contributed by atoms with Crippen LogP contribution in [0.3, 0.4) is 0 Å². The van der Waals surface area contributed by atoms with Gasteiger partial charge in [0.2, 0.25) is 0 Å². The Balaban J connectivity index is 2.66. The zero-order valence-corrected chi connectivity index (χ0v) is 6.27. The van der Waals surface area contributed by atoms with Gasteiger partial charge in [0.25, 0.3) is 0 Å². The first kappa shape index (κ1) is 8.74. The highest BCUT2D eigenvalue weighted by Crippen LogP contribution is 2.03. The van der Waals surface area contributed by atoms with Crippen molar-refractivity contribution in [3.63, 3.8) is 0 Å². The molecule has 9 heavy (non-hydrogen) atoms. The van der Waals surface area contributed by atoms with Crippen molar-refractivity contribution in [3.8, 4) is 0 Å². The largest absolute Gasteiger partial charge is 0.103 e. The van der Waals surface area contributed by atoms with Crippen LogP contribution in [0.1, 0.15) is 32.6 Å². The van der Waals surface area contributed by atoms with Crippen molar-refractivity contribution >= 4 is 0 Å². The van der Waals surface area contributed by atoms with Gasteiger partial charge in [-0.2, -0.15) is 0 Å². The molecule has 0 rings (SSSR count). The van der Waals surface area contributed by atoms with Crippen LogP contribution in [0.25, 0.3) is 0 Å². The quantitative estimate of drug-likeness (QED) is 0.477. The lowest BCUT2D eigenvalue weighted by molar-refractivity contribution is 0.727. The van der Waals surface area contributed by atoms with Crippen molar-refractivity contribution in [2.45, 2.75) is 32.6 Å². The van der Waals surface area contributed by atoms with Crippen molar-refractivity contribution in [1.29, 1.82) is 0 Å². The maximum Gasteiger partial charge on any atom is -0.0173 e. The van der Waals surface area contributed by atoms with Crippen molar-refractivity contribution in [3.05, 3.63) is 25.5 Å². The van der Waals surface area contributed by atoms with Gasteiger partial charge in [-0.25, -0.2) is 0 Å². The van der Waals surface area contributed by atoms with Gasteiger partial charge >= 0.3 is 0 Å². The van der Waals surface area contributed by atoms with Crippen LogP contribution in [0, 0.1) is 12.8 Å². The SMILES string of the molecule is C=C[CH]CCCC[CH]C. The minimum atomic E-state index is 1.19. The molecule has 0 nitrogen and oxygen atoms in total. The molecule has 52 valence electrons. The molecule has 0 aromatic heterocycles. The zero-order chi connectivity index (χ0) is 6.95. The van der Waals surface area contributed by atoms with Gasteiger partial charge in [-0.1, -0.05) is 32.3 Å². The Morgan fingerprint density at radius 3 is 2.44 bits per heavy atom. The normalized spacial score (nSPS) is 9.44. The third-order valence-corrected chi connectivity index (χ3v) is 1.28. The molecule has 0 saturated carbocycles. The van der Waals surface area contributed by atoms with Crippen LogP contribution in [0.15, 0.2) is 12.7 Å². The molecule has 0 saturated heterocycles. The topological polar surface area (TPSA) is 0 Å². The second kappa shape index (κ2) is 7.74. The predicted molar refractivity (Wildman–Crippen MR) is 42.9 cm³/mol. The first-order valence-corrected chi connectivity index (χ1v) is 3.64. The van der Waals surface area contributed by atoms with Gasteiger partial charge in [-0.3, -0.25) is 0 Å². The van der Waals surface area contributed by atoms with Crippen molar-refractivity contribution in [2.24, 2.45) is 0 Å². The Hall–Kier alpha value is -0.260. The standard InChI is InChI=1S/C9H16/c1-3-5-7-9-8-6-4-2/h3-5H,1,6-9H2,2H3. The average molecular weight is 124 g/mol. The molecule has 0 aliphatic heterocycles. The van der Waals surface area contributed by atoms with Gasteiger partial charge in [0, 0.05) is 0 Å². The van der Waals surface area contributed by atoms with E-state index in [0.29, 0.717) is 0 Å². The molecule has 0 spiro atoms. The Morgan fingerprint density at radius 2 is 1.89 bits per heavy atom. The van der Waals surface area contributed by atoms with Crippen LogP contribution in [-0.2, 0) is 0 Å². The summed E-state index contributed by atoms with van der Waals surface area (Å²) in [7, 11) is 0. The van der Waals surface area contributed by atoms with E-state index in [1.54, 1.807) is 0 Å². The Bertz CT molecular complexity index is 55.1. The van der Waals surface area contributed by atoms with E-state index in [2.05, 4.69) is 26.3 Å². The summed E-state index contributed by atoms with van der Waals surface area (Å²) < 4.78 is 0. The number of hydrogen-bond acceptors (Lipinski definition) is 0.